The molecule has 0 aromatic heterocycles. The third kappa shape index (κ3) is 1.48. The molecule has 1 aliphatic heterocycles. The lowest BCUT2D eigenvalue weighted by atomic mass is 9.94. The average Bonchev–Trinajstić information content (AvgIpc) is 2.34. The predicted molar refractivity (Wildman–Crippen MR) is 40.3 cm³/mol. The molecule has 0 amide bonds. The van der Waals surface area contributed by atoms with Crippen LogP contribution in [0.4, 0.5) is 0 Å². The monoisotopic (exact) mass is 138 g/mol. The van der Waals surface area contributed by atoms with Gasteiger partial charge in [-0.2, -0.15) is 5.26 Å². The molecule has 1 aliphatic rings. The Bertz CT molecular complexity index is 146. The van der Waals surface area contributed by atoms with Crippen LogP contribution in [0.5, 0.6) is 0 Å². The maximum atomic E-state index is 8.55. The first kappa shape index (κ1) is 7.56. The number of nitrogens with one attached hydrogen (secondary N) is 1. The van der Waals surface area contributed by atoms with Gasteiger partial charge in [-0.05, 0) is 24.8 Å². The van der Waals surface area contributed by atoms with Crippen molar-refractivity contribution >= 4 is 0 Å². The highest BCUT2D eigenvalue weighted by Crippen LogP contribution is 2.21. The van der Waals surface area contributed by atoms with Crippen LogP contribution in [0.1, 0.15) is 20.3 Å². The van der Waals surface area contributed by atoms with Gasteiger partial charge < -0.3 is 5.32 Å². The van der Waals surface area contributed by atoms with Crippen molar-refractivity contribution < 1.29 is 0 Å². The first-order valence-electron chi connectivity index (χ1n) is 3.87. The van der Waals surface area contributed by atoms with Crippen LogP contribution in [0.3, 0.4) is 0 Å². The molecule has 2 nitrogen and oxygen atoms in total. The summed E-state index contributed by atoms with van der Waals surface area (Å²) in [6, 6.07) is 2.36. The minimum atomic E-state index is 0.118. The lowest BCUT2D eigenvalue weighted by Gasteiger charge is -2.10. The molecule has 0 bridgehead atoms. The Labute approximate surface area is 62.2 Å². The maximum absolute atomic E-state index is 8.55. The van der Waals surface area contributed by atoms with E-state index >= 15 is 0 Å². The van der Waals surface area contributed by atoms with Gasteiger partial charge in [0.25, 0.3) is 0 Å². The highest BCUT2D eigenvalue weighted by atomic mass is 14.9. The number of hydrogen-bond acceptors (Lipinski definition) is 2. The van der Waals surface area contributed by atoms with Gasteiger partial charge in [-0.15, -0.1) is 0 Å². The van der Waals surface area contributed by atoms with E-state index < -0.39 is 0 Å². The minimum absolute atomic E-state index is 0.118. The van der Waals surface area contributed by atoms with Gasteiger partial charge >= 0.3 is 0 Å². The Balaban J connectivity index is 2.37. The summed E-state index contributed by atoms with van der Waals surface area (Å²) in [7, 11) is 0. The molecule has 0 saturated carbocycles. The highest BCUT2D eigenvalue weighted by molar-refractivity contribution is 4.96. The molecular formula is C8H14N2. The Morgan fingerprint density at radius 2 is 2.30 bits per heavy atom. The van der Waals surface area contributed by atoms with Gasteiger partial charge in [-0.1, -0.05) is 13.8 Å². The van der Waals surface area contributed by atoms with Crippen LogP contribution in [0.25, 0.3) is 0 Å². The van der Waals surface area contributed by atoms with E-state index in [9.17, 15) is 0 Å². The van der Waals surface area contributed by atoms with Crippen molar-refractivity contribution in [3.63, 3.8) is 0 Å². The van der Waals surface area contributed by atoms with Crippen molar-refractivity contribution in [1.82, 2.24) is 5.32 Å². The molecule has 2 atom stereocenters. The smallest absolute Gasteiger partial charge is 0.0956 e. The SMILES string of the molecule is CC(C)C1CN[C@H](C#N)C1. The topological polar surface area (TPSA) is 35.8 Å². The van der Waals surface area contributed by atoms with Crippen LogP contribution >= 0.6 is 0 Å². The van der Waals surface area contributed by atoms with E-state index in [1.54, 1.807) is 0 Å². The van der Waals surface area contributed by atoms with E-state index in [4.69, 9.17) is 5.26 Å². The molecule has 1 saturated heterocycles. The summed E-state index contributed by atoms with van der Waals surface area (Å²) in [6.45, 7) is 5.45. The fourth-order valence-corrected chi connectivity index (χ4v) is 1.37. The van der Waals surface area contributed by atoms with Crippen LogP contribution in [-0.4, -0.2) is 12.6 Å². The standard InChI is InChI=1S/C8H14N2/c1-6(2)7-3-8(4-9)10-5-7/h6-8,10H,3,5H2,1-2H3/t7?,8-/m0/s1. The van der Waals surface area contributed by atoms with Gasteiger partial charge in [0.15, 0.2) is 0 Å². The molecule has 56 valence electrons. The van der Waals surface area contributed by atoms with E-state index in [0.29, 0.717) is 11.8 Å². The van der Waals surface area contributed by atoms with E-state index in [0.717, 1.165) is 13.0 Å². The zero-order valence-electron chi connectivity index (χ0n) is 6.59. The maximum Gasteiger partial charge on any atom is 0.0956 e. The van der Waals surface area contributed by atoms with Gasteiger partial charge in [0.05, 0.1) is 12.1 Å². The summed E-state index contributed by atoms with van der Waals surface area (Å²) in [6.07, 6.45) is 1.04. The summed E-state index contributed by atoms with van der Waals surface area (Å²) >= 11 is 0. The summed E-state index contributed by atoms with van der Waals surface area (Å²) in [5.41, 5.74) is 0. The Morgan fingerprint density at radius 3 is 2.60 bits per heavy atom. The van der Waals surface area contributed by atoms with Crippen molar-refractivity contribution in [2.24, 2.45) is 11.8 Å². The van der Waals surface area contributed by atoms with Crippen molar-refractivity contribution in [3.05, 3.63) is 0 Å². The van der Waals surface area contributed by atoms with Crippen LogP contribution < -0.4 is 5.32 Å². The van der Waals surface area contributed by atoms with E-state index in [2.05, 4.69) is 25.2 Å². The first-order valence-corrected chi connectivity index (χ1v) is 3.87. The first-order chi connectivity index (χ1) is 4.74. The van der Waals surface area contributed by atoms with Crippen LogP contribution in [0.2, 0.25) is 0 Å². The molecular weight excluding hydrogens is 124 g/mol. The molecule has 0 radical (unpaired) electrons. The largest absolute Gasteiger partial charge is 0.302 e. The molecule has 1 fully saturated rings. The predicted octanol–water partition coefficient (Wildman–Crippen LogP) is 1.14. The summed E-state index contributed by atoms with van der Waals surface area (Å²) in [4.78, 5) is 0. The average molecular weight is 138 g/mol. The lowest BCUT2D eigenvalue weighted by molar-refractivity contribution is 0.416. The summed E-state index contributed by atoms with van der Waals surface area (Å²) in [5.74, 6) is 1.43. The van der Waals surface area contributed by atoms with E-state index in [-0.39, 0.29) is 6.04 Å². The van der Waals surface area contributed by atoms with Crippen molar-refractivity contribution in [1.29, 1.82) is 5.26 Å². The fourth-order valence-electron chi connectivity index (χ4n) is 1.37. The van der Waals surface area contributed by atoms with Gasteiger partial charge in [0.1, 0.15) is 0 Å². The van der Waals surface area contributed by atoms with Gasteiger partial charge in [-0.3, -0.25) is 0 Å². The molecule has 0 spiro atoms. The van der Waals surface area contributed by atoms with Crippen LogP contribution in [0.15, 0.2) is 0 Å². The molecule has 1 heterocycles. The molecule has 2 heteroatoms. The van der Waals surface area contributed by atoms with Crippen LogP contribution in [-0.2, 0) is 0 Å². The van der Waals surface area contributed by atoms with Gasteiger partial charge in [0, 0.05) is 0 Å². The fraction of sp³-hybridized carbons (Fsp3) is 0.875. The number of rotatable bonds is 1. The minimum Gasteiger partial charge on any atom is -0.302 e. The quantitative estimate of drug-likeness (QED) is 0.590. The van der Waals surface area contributed by atoms with Crippen molar-refractivity contribution in [3.8, 4) is 6.07 Å². The van der Waals surface area contributed by atoms with Crippen molar-refractivity contribution in [2.75, 3.05) is 6.54 Å². The Kier molecular flexibility index (Phi) is 2.29. The number of nitriles is 1. The Hall–Kier alpha value is -0.550. The van der Waals surface area contributed by atoms with Gasteiger partial charge in [0.2, 0.25) is 0 Å². The second-order valence-corrected chi connectivity index (χ2v) is 3.33. The number of hydrogen-bond donors (Lipinski definition) is 1. The molecule has 0 aromatic rings. The lowest BCUT2D eigenvalue weighted by Crippen LogP contribution is -2.19. The molecule has 0 aromatic carbocycles. The molecule has 1 N–H and O–H groups in total. The van der Waals surface area contributed by atoms with E-state index in [1.807, 2.05) is 0 Å². The van der Waals surface area contributed by atoms with Gasteiger partial charge in [-0.25, -0.2) is 0 Å². The Morgan fingerprint density at radius 1 is 1.60 bits per heavy atom. The summed E-state index contributed by atoms with van der Waals surface area (Å²) < 4.78 is 0. The second kappa shape index (κ2) is 3.03. The molecule has 1 unspecified atom stereocenters. The number of nitrogens with zero attached hydrogens (tertiary/aromatic N) is 1. The molecule has 0 aliphatic carbocycles. The second-order valence-electron chi connectivity index (χ2n) is 3.33. The third-order valence-corrected chi connectivity index (χ3v) is 2.26. The van der Waals surface area contributed by atoms with E-state index in [1.165, 1.54) is 0 Å². The zero-order valence-corrected chi connectivity index (χ0v) is 6.59. The normalized spacial score (nSPS) is 32.6. The highest BCUT2D eigenvalue weighted by Gasteiger charge is 2.25. The third-order valence-electron chi connectivity index (χ3n) is 2.26. The zero-order chi connectivity index (χ0) is 7.56. The van der Waals surface area contributed by atoms with Crippen molar-refractivity contribution in [2.45, 2.75) is 26.3 Å². The summed E-state index contributed by atoms with van der Waals surface area (Å²) in [5, 5.41) is 11.7. The molecule has 1 rings (SSSR count). The molecule has 10 heavy (non-hydrogen) atoms. The van der Waals surface area contributed by atoms with Crippen LogP contribution in [0, 0.1) is 23.2 Å².